The molecule has 0 atom stereocenters. The molecule has 6 nitrogen and oxygen atoms in total. The lowest BCUT2D eigenvalue weighted by atomic mass is 9.94. The Kier molecular flexibility index (Phi) is 1.98. The standard InChI is InChI=1S/C9H4N2O4/c12-7-5-3-4(8(13)14)1-2-6(5)10-9(15)11-7/h1-3H,(H-,11,12,13,14). The van der Waals surface area contributed by atoms with E-state index in [4.69, 9.17) is 5.11 Å². The molecular formula is C9H4N2O4. The lowest BCUT2D eigenvalue weighted by Gasteiger charge is -2.25. The Balaban J connectivity index is 2.38. The van der Waals surface area contributed by atoms with Crippen LogP contribution in [0, 0.1) is 12.3 Å². The molecular weight excluding hydrogens is 200 g/mol. The highest BCUT2D eigenvalue weighted by molar-refractivity contribution is 6.33. The predicted molar refractivity (Wildman–Crippen MR) is 47.1 cm³/mol. The van der Waals surface area contributed by atoms with Crippen LogP contribution in [-0.2, 0) is 9.59 Å². The lowest BCUT2D eigenvalue weighted by molar-refractivity contribution is -0.342. The average molecular weight is 204 g/mol. The van der Waals surface area contributed by atoms with Gasteiger partial charge in [-0.25, -0.2) is 4.79 Å². The summed E-state index contributed by atoms with van der Waals surface area (Å²) in [5.41, 5.74) is 0.194. The molecule has 15 heavy (non-hydrogen) atoms. The summed E-state index contributed by atoms with van der Waals surface area (Å²) in [5.74, 6) is -1.95. The van der Waals surface area contributed by atoms with E-state index < -0.39 is 18.2 Å². The predicted octanol–water partition coefficient (Wildman–Crippen LogP) is -0.696. The molecule has 2 rings (SSSR count). The van der Waals surface area contributed by atoms with Gasteiger partial charge in [0.2, 0.25) is 5.57 Å². The van der Waals surface area contributed by atoms with Crippen molar-refractivity contribution in [3.63, 3.8) is 0 Å². The van der Waals surface area contributed by atoms with Gasteiger partial charge < -0.3 is 15.5 Å². The highest BCUT2D eigenvalue weighted by atomic mass is 16.4. The summed E-state index contributed by atoms with van der Waals surface area (Å²) in [6.45, 7) is 0. The number of aliphatic imine (C=N–C) groups is 1. The van der Waals surface area contributed by atoms with Gasteiger partial charge >= 0.3 is 11.7 Å². The molecule has 0 aromatic heterocycles. The fraction of sp³-hybridized carbons (Fsp3) is 0. The summed E-state index contributed by atoms with van der Waals surface area (Å²) in [6, 6.07) is 0. The summed E-state index contributed by atoms with van der Waals surface area (Å²) < 4.78 is 0. The Morgan fingerprint density at radius 3 is 3.00 bits per heavy atom. The van der Waals surface area contributed by atoms with Crippen LogP contribution in [0.25, 0.3) is 5.32 Å². The van der Waals surface area contributed by atoms with E-state index in [9.17, 15) is 14.7 Å². The first-order valence-electron chi connectivity index (χ1n) is 3.97. The number of carboxylic acid groups (broad SMARTS) is 1. The van der Waals surface area contributed by atoms with Gasteiger partial charge in [-0.3, -0.25) is 4.79 Å². The van der Waals surface area contributed by atoms with Gasteiger partial charge in [0, 0.05) is 6.35 Å². The number of carbonyl (C=O) groups excluding carboxylic acids is 1. The van der Waals surface area contributed by atoms with Crippen molar-refractivity contribution < 1.29 is 19.8 Å². The zero-order valence-electron chi connectivity index (χ0n) is 7.30. The van der Waals surface area contributed by atoms with Gasteiger partial charge in [0.25, 0.3) is 0 Å². The maximum atomic E-state index is 11.2. The Labute approximate surface area is 84.6 Å². The number of allylic oxidation sites excluding steroid dienone is 1. The first-order valence-corrected chi connectivity index (χ1v) is 3.97. The topological polar surface area (TPSA) is 104 Å². The summed E-state index contributed by atoms with van der Waals surface area (Å²) in [5, 5.41) is 22.6. The number of nitrogens with zero attached hydrogens (tertiary/aromatic N) is 2. The van der Waals surface area contributed by atoms with Crippen molar-refractivity contribution in [2.75, 3.05) is 0 Å². The van der Waals surface area contributed by atoms with E-state index in [1.54, 1.807) is 0 Å². The van der Waals surface area contributed by atoms with Crippen LogP contribution >= 0.6 is 0 Å². The second-order valence-corrected chi connectivity index (χ2v) is 2.85. The molecule has 0 radical (unpaired) electrons. The first kappa shape index (κ1) is 9.35. The van der Waals surface area contributed by atoms with E-state index in [1.807, 2.05) is 0 Å². The fourth-order valence-electron chi connectivity index (χ4n) is 1.21. The molecule has 0 aromatic carbocycles. The van der Waals surface area contributed by atoms with E-state index in [2.05, 4.69) is 10.3 Å². The minimum atomic E-state index is -1.15. The molecule has 0 fully saturated rings. The minimum Gasteiger partial charge on any atom is -0.730 e. The number of amides is 1. The highest BCUT2D eigenvalue weighted by Crippen LogP contribution is 2.25. The van der Waals surface area contributed by atoms with Crippen LogP contribution in [0.1, 0.15) is 0 Å². The van der Waals surface area contributed by atoms with Crippen molar-refractivity contribution in [1.82, 2.24) is 0 Å². The number of hydrogen-bond acceptors (Lipinski definition) is 4. The molecule has 6 heteroatoms. The molecule has 0 spiro atoms. The maximum Gasteiger partial charge on any atom is 0.393 e. The van der Waals surface area contributed by atoms with Crippen LogP contribution in [0.15, 0.2) is 28.8 Å². The van der Waals surface area contributed by atoms with E-state index in [1.165, 1.54) is 12.2 Å². The number of fused-ring (bicyclic) bond motifs is 1. The van der Waals surface area contributed by atoms with Crippen LogP contribution in [0.4, 0.5) is 0 Å². The van der Waals surface area contributed by atoms with E-state index in [0.717, 1.165) is 6.08 Å². The zero-order valence-corrected chi connectivity index (χ0v) is 7.30. The van der Waals surface area contributed by atoms with E-state index in [0.29, 0.717) is 0 Å². The van der Waals surface area contributed by atoms with Crippen molar-refractivity contribution in [3.8, 4) is 0 Å². The van der Waals surface area contributed by atoms with Gasteiger partial charge in [-0.05, 0) is 0 Å². The Bertz CT molecular complexity index is 422. The van der Waals surface area contributed by atoms with Crippen LogP contribution in [-0.4, -0.2) is 22.7 Å². The van der Waals surface area contributed by atoms with Crippen molar-refractivity contribution in [3.05, 3.63) is 41.4 Å². The van der Waals surface area contributed by atoms with Crippen molar-refractivity contribution >= 4 is 17.6 Å². The smallest absolute Gasteiger partial charge is 0.393 e. The maximum absolute atomic E-state index is 11.2. The van der Waals surface area contributed by atoms with Crippen molar-refractivity contribution in [1.29, 1.82) is 0 Å². The molecule has 0 aromatic rings. The molecule has 0 unspecified atom stereocenters. The number of hydrogen-bond donors (Lipinski definition) is 1. The molecule has 1 heterocycles. The molecule has 1 amide bonds. The van der Waals surface area contributed by atoms with Crippen molar-refractivity contribution in [2.24, 2.45) is 4.99 Å². The zero-order chi connectivity index (χ0) is 11.0. The van der Waals surface area contributed by atoms with Gasteiger partial charge in [0.1, 0.15) is 0 Å². The molecule has 0 saturated carbocycles. The molecule has 0 saturated heterocycles. The third kappa shape index (κ3) is 1.57. The van der Waals surface area contributed by atoms with E-state index in [-0.39, 0.29) is 17.2 Å². The summed E-state index contributed by atoms with van der Waals surface area (Å²) >= 11 is 0. The molecule has 1 N–H and O–H groups in total. The largest absolute Gasteiger partial charge is 0.730 e. The highest BCUT2D eigenvalue weighted by Gasteiger charge is 2.36. The number of aliphatic carboxylic acids is 1. The molecule has 74 valence electrons. The monoisotopic (exact) mass is 204 g/mol. The van der Waals surface area contributed by atoms with Gasteiger partial charge in [-0.15, -0.1) is 0 Å². The summed E-state index contributed by atoms with van der Waals surface area (Å²) in [7, 11) is 0. The normalized spacial score (nSPS) is 19.1. The molecule has 1 aliphatic carbocycles. The molecule has 1 aliphatic heterocycles. The third-order valence-electron chi connectivity index (χ3n) is 1.89. The Morgan fingerprint density at radius 2 is 2.33 bits per heavy atom. The van der Waals surface area contributed by atoms with Crippen LogP contribution in [0.3, 0.4) is 0 Å². The Morgan fingerprint density at radius 1 is 1.60 bits per heavy atom. The van der Waals surface area contributed by atoms with E-state index >= 15 is 0 Å². The van der Waals surface area contributed by atoms with Crippen LogP contribution in [0.2, 0.25) is 0 Å². The fourth-order valence-corrected chi connectivity index (χ4v) is 1.21. The van der Waals surface area contributed by atoms with Gasteiger partial charge in [-0.2, -0.15) is 0 Å². The Hall–Kier alpha value is -2.21. The summed E-state index contributed by atoms with van der Waals surface area (Å²) in [4.78, 5) is 25.3. The quantitative estimate of drug-likeness (QED) is 0.570. The number of rotatable bonds is 1. The van der Waals surface area contributed by atoms with Crippen molar-refractivity contribution in [2.45, 2.75) is 0 Å². The molecule has 0 bridgehead atoms. The number of carbonyl (C=O) groups is 2. The average Bonchev–Trinajstić information content (AvgIpc) is 2.16. The minimum absolute atomic E-state index is 0.0366. The number of carboxylic acids is 1. The first-order chi connectivity index (χ1) is 7.08. The van der Waals surface area contributed by atoms with Gasteiger partial charge in [0.15, 0.2) is 17.9 Å². The SMILES string of the molecule is O=C1[N-][C+]([O-])N=C2C=C[C+](C(=O)O)C=C12. The van der Waals surface area contributed by atoms with Crippen LogP contribution < -0.4 is 5.11 Å². The van der Waals surface area contributed by atoms with Gasteiger partial charge in [-0.1, -0.05) is 4.99 Å². The van der Waals surface area contributed by atoms with Crippen LogP contribution in [0.5, 0.6) is 0 Å². The third-order valence-corrected chi connectivity index (χ3v) is 1.89. The lowest BCUT2D eigenvalue weighted by Crippen LogP contribution is -2.28. The summed E-state index contributed by atoms with van der Waals surface area (Å²) in [6.07, 6.45) is 2.87. The van der Waals surface area contributed by atoms with Gasteiger partial charge in [0.05, 0.1) is 12.2 Å². The molecule has 2 aliphatic rings. The second kappa shape index (κ2) is 3.18. The second-order valence-electron chi connectivity index (χ2n) is 2.85.